The summed E-state index contributed by atoms with van der Waals surface area (Å²) in [5, 5.41) is 10.4. The van der Waals surface area contributed by atoms with Gasteiger partial charge in [0.1, 0.15) is 5.82 Å². The zero-order valence-electron chi connectivity index (χ0n) is 7.25. The number of anilines is 1. The maximum Gasteiger partial charge on any atom is 0.143 e. The molecule has 70 valence electrons. The quantitative estimate of drug-likeness (QED) is 0.729. The molecule has 1 heterocycles. The minimum atomic E-state index is -0.303. The van der Waals surface area contributed by atoms with E-state index < -0.39 is 0 Å². The molecule has 2 nitrogen and oxygen atoms in total. The van der Waals surface area contributed by atoms with Gasteiger partial charge in [0.15, 0.2) is 0 Å². The highest BCUT2D eigenvalue weighted by molar-refractivity contribution is 7.17. The van der Waals surface area contributed by atoms with Crippen LogP contribution in [0.2, 0.25) is 0 Å². The van der Waals surface area contributed by atoms with Gasteiger partial charge in [-0.25, -0.2) is 4.39 Å². The molecule has 0 aliphatic rings. The predicted octanol–water partition coefficient (Wildman–Crippen LogP) is 2.69. The minimum absolute atomic E-state index is 0.219. The van der Waals surface area contributed by atoms with Gasteiger partial charge in [0.25, 0.3) is 0 Å². The van der Waals surface area contributed by atoms with Crippen LogP contribution in [0, 0.1) is 17.1 Å². The molecule has 1 aromatic carbocycles. The van der Waals surface area contributed by atoms with Crippen molar-refractivity contribution >= 4 is 27.1 Å². The van der Waals surface area contributed by atoms with Crippen molar-refractivity contribution in [1.29, 1.82) is 5.26 Å². The number of thiophene rings is 1. The van der Waals surface area contributed by atoms with E-state index in [4.69, 9.17) is 11.0 Å². The molecule has 14 heavy (non-hydrogen) atoms. The van der Waals surface area contributed by atoms with Crippen LogP contribution in [-0.2, 0) is 6.42 Å². The normalized spacial score (nSPS) is 10.3. The van der Waals surface area contributed by atoms with E-state index in [0.29, 0.717) is 16.6 Å². The van der Waals surface area contributed by atoms with Gasteiger partial charge >= 0.3 is 0 Å². The van der Waals surface area contributed by atoms with Crippen LogP contribution < -0.4 is 5.73 Å². The lowest BCUT2D eigenvalue weighted by Gasteiger charge is -2.02. The Morgan fingerprint density at radius 2 is 2.29 bits per heavy atom. The summed E-state index contributed by atoms with van der Waals surface area (Å²) < 4.78 is 14.1. The number of nitrogens with two attached hydrogens (primary N) is 1. The number of fused-ring (bicyclic) bond motifs is 1. The molecule has 2 rings (SSSR count). The second-order valence-electron chi connectivity index (χ2n) is 2.93. The van der Waals surface area contributed by atoms with Crippen molar-refractivity contribution in [1.82, 2.24) is 0 Å². The van der Waals surface area contributed by atoms with E-state index in [-0.39, 0.29) is 12.2 Å². The molecule has 4 heteroatoms. The lowest BCUT2D eigenvalue weighted by molar-refractivity contribution is 0.644. The van der Waals surface area contributed by atoms with Gasteiger partial charge < -0.3 is 5.73 Å². The number of nitrogens with zero attached hydrogens (tertiary/aromatic N) is 1. The number of rotatable bonds is 1. The van der Waals surface area contributed by atoms with E-state index in [2.05, 4.69) is 0 Å². The molecule has 1 aromatic heterocycles. The first-order chi connectivity index (χ1) is 6.74. The molecule has 2 aromatic rings. The zero-order valence-corrected chi connectivity index (χ0v) is 8.07. The molecule has 0 unspecified atom stereocenters. The van der Waals surface area contributed by atoms with Gasteiger partial charge in [0.05, 0.1) is 17.9 Å². The van der Waals surface area contributed by atoms with Crippen LogP contribution in [0.4, 0.5) is 10.1 Å². The molecule has 2 N–H and O–H groups in total. The monoisotopic (exact) mass is 206 g/mol. The second-order valence-corrected chi connectivity index (χ2v) is 3.84. The zero-order chi connectivity index (χ0) is 10.1. The van der Waals surface area contributed by atoms with E-state index in [0.717, 1.165) is 4.70 Å². The van der Waals surface area contributed by atoms with E-state index in [1.807, 2.05) is 6.07 Å². The van der Waals surface area contributed by atoms with Crippen LogP contribution in [-0.4, -0.2) is 0 Å². The van der Waals surface area contributed by atoms with E-state index in [1.165, 1.54) is 16.7 Å². The fourth-order valence-corrected chi connectivity index (χ4v) is 2.22. The third-order valence-corrected chi connectivity index (χ3v) is 3.01. The largest absolute Gasteiger partial charge is 0.398 e. The molecule has 0 atom stereocenters. The smallest absolute Gasteiger partial charge is 0.143 e. The molecule has 0 amide bonds. The van der Waals surface area contributed by atoms with Gasteiger partial charge in [-0.15, -0.1) is 11.3 Å². The first kappa shape index (κ1) is 8.97. The summed E-state index contributed by atoms with van der Waals surface area (Å²) in [5.74, 6) is -0.303. The Morgan fingerprint density at radius 3 is 3.00 bits per heavy atom. The molecule has 0 bridgehead atoms. The summed E-state index contributed by atoms with van der Waals surface area (Å²) in [4.78, 5) is 0. The Balaban J connectivity index is 2.74. The fraction of sp³-hybridized carbons (Fsp3) is 0.100. The van der Waals surface area contributed by atoms with Crippen molar-refractivity contribution in [2.45, 2.75) is 6.42 Å². The highest BCUT2D eigenvalue weighted by atomic mass is 32.1. The van der Waals surface area contributed by atoms with Gasteiger partial charge in [-0.3, -0.25) is 0 Å². The number of halogens is 1. The molecule has 0 spiro atoms. The maximum atomic E-state index is 13.3. The molecule has 0 radical (unpaired) electrons. The van der Waals surface area contributed by atoms with Gasteiger partial charge in [0, 0.05) is 15.8 Å². The first-order valence-electron chi connectivity index (χ1n) is 4.05. The number of benzene rings is 1. The predicted molar refractivity (Wildman–Crippen MR) is 55.5 cm³/mol. The first-order valence-corrected chi connectivity index (χ1v) is 4.93. The Morgan fingerprint density at radius 1 is 1.50 bits per heavy atom. The lowest BCUT2D eigenvalue weighted by atomic mass is 10.1. The summed E-state index contributed by atoms with van der Waals surface area (Å²) in [7, 11) is 0. The van der Waals surface area contributed by atoms with Gasteiger partial charge in [-0.1, -0.05) is 6.07 Å². The van der Waals surface area contributed by atoms with Crippen molar-refractivity contribution in [2.24, 2.45) is 0 Å². The Bertz CT molecular complexity index is 525. The van der Waals surface area contributed by atoms with Crippen LogP contribution in [0.3, 0.4) is 0 Å². The van der Waals surface area contributed by atoms with Crippen LogP contribution in [0.5, 0.6) is 0 Å². The molecule has 0 aliphatic carbocycles. The second kappa shape index (κ2) is 3.28. The van der Waals surface area contributed by atoms with Gasteiger partial charge in [-0.2, -0.15) is 5.26 Å². The third kappa shape index (κ3) is 1.22. The topological polar surface area (TPSA) is 49.8 Å². The Hall–Kier alpha value is -1.60. The summed E-state index contributed by atoms with van der Waals surface area (Å²) in [5.41, 5.74) is 6.85. The number of hydrogen-bond donors (Lipinski definition) is 1. The molecule has 0 aliphatic heterocycles. The Kier molecular flexibility index (Phi) is 2.10. The number of nitriles is 1. The summed E-state index contributed by atoms with van der Waals surface area (Å²) in [6.07, 6.45) is 0.219. The SMILES string of the molecule is N#CCc1ccc2scc(F)c2c1N. The fourth-order valence-electron chi connectivity index (χ4n) is 1.40. The average Bonchev–Trinajstić information content (AvgIpc) is 2.54. The summed E-state index contributed by atoms with van der Waals surface area (Å²) in [6, 6.07) is 5.57. The van der Waals surface area contributed by atoms with Crippen molar-refractivity contribution in [3.8, 4) is 6.07 Å². The van der Waals surface area contributed by atoms with Crippen molar-refractivity contribution in [3.05, 3.63) is 28.9 Å². The van der Waals surface area contributed by atoms with Gasteiger partial charge in [0.2, 0.25) is 0 Å². The Labute approximate surface area is 84.4 Å². The molecule has 0 saturated carbocycles. The molecule has 0 fully saturated rings. The standard InChI is InChI=1S/C10H7FN2S/c11-7-5-14-8-2-1-6(3-4-12)10(13)9(7)8/h1-2,5H,3,13H2. The number of hydrogen-bond acceptors (Lipinski definition) is 3. The average molecular weight is 206 g/mol. The van der Waals surface area contributed by atoms with Crippen LogP contribution >= 0.6 is 11.3 Å². The summed E-state index contributed by atoms with van der Waals surface area (Å²) >= 11 is 1.32. The lowest BCUT2D eigenvalue weighted by Crippen LogP contribution is -1.94. The molecular weight excluding hydrogens is 199 g/mol. The highest BCUT2D eigenvalue weighted by Gasteiger charge is 2.10. The van der Waals surface area contributed by atoms with Crippen molar-refractivity contribution in [2.75, 3.05) is 5.73 Å². The third-order valence-electron chi connectivity index (χ3n) is 2.10. The van der Waals surface area contributed by atoms with Crippen molar-refractivity contribution in [3.63, 3.8) is 0 Å². The molecular formula is C10H7FN2S. The highest BCUT2D eigenvalue weighted by Crippen LogP contribution is 2.32. The van der Waals surface area contributed by atoms with Crippen LogP contribution in [0.15, 0.2) is 17.5 Å². The van der Waals surface area contributed by atoms with E-state index in [9.17, 15) is 4.39 Å². The summed E-state index contributed by atoms with van der Waals surface area (Å²) in [6.45, 7) is 0. The van der Waals surface area contributed by atoms with E-state index >= 15 is 0 Å². The molecule has 0 saturated heterocycles. The maximum absolute atomic E-state index is 13.3. The van der Waals surface area contributed by atoms with Crippen LogP contribution in [0.25, 0.3) is 10.1 Å². The van der Waals surface area contributed by atoms with Crippen LogP contribution in [0.1, 0.15) is 5.56 Å². The number of nitrogen functional groups attached to an aromatic ring is 1. The van der Waals surface area contributed by atoms with E-state index in [1.54, 1.807) is 12.1 Å². The minimum Gasteiger partial charge on any atom is -0.398 e. The van der Waals surface area contributed by atoms with Crippen molar-refractivity contribution < 1.29 is 4.39 Å². The van der Waals surface area contributed by atoms with Gasteiger partial charge in [-0.05, 0) is 11.6 Å².